The topological polar surface area (TPSA) is 81.7 Å². The van der Waals surface area contributed by atoms with E-state index in [1.165, 1.54) is 6.33 Å². The number of hydrogen-bond donors (Lipinski definition) is 2. The maximum absolute atomic E-state index is 6.02. The van der Waals surface area contributed by atoms with E-state index < -0.39 is 0 Å². The third kappa shape index (κ3) is 1.55. The fourth-order valence-electron chi connectivity index (χ4n) is 2.28. The average molecular weight is 272 g/mol. The molecule has 0 aromatic carbocycles. The second kappa shape index (κ2) is 4.01. The monoisotopic (exact) mass is 272 g/mol. The Balaban J connectivity index is 2.02. The first-order chi connectivity index (χ1) is 9.34. The number of fused-ring (bicyclic) bond motifs is 1. The summed E-state index contributed by atoms with van der Waals surface area (Å²) in [6, 6.07) is 4.41. The van der Waals surface area contributed by atoms with E-state index in [4.69, 9.17) is 10.8 Å². The number of nitrogens with two attached hydrogens (primary N) is 1. The molecule has 4 rings (SSSR count). The summed E-state index contributed by atoms with van der Waals surface area (Å²) in [6.45, 7) is 1.84. The lowest BCUT2D eigenvalue weighted by atomic mass is 10.2. The van der Waals surface area contributed by atoms with Crippen LogP contribution in [-0.4, -0.2) is 32.8 Å². The molecule has 0 spiro atoms. The molecule has 3 N–H and O–H groups in total. The van der Waals surface area contributed by atoms with Gasteiger partial charge in [0, 0.05) is 13.1 Å². The minimum atomic E-state index is 0.352. The van der Waals surface area contributed by atoms with Crippen LogP contribution in [0.15, 0.2) is 23.8 Å². The molecule has 0 unspecified atom stereocenters. The molecule has 7 heteroatoms. The van der Waals surface area contributed by atoms with Gasteiger partial charge in [-0.3, -0.25) is 0 Å². The van der Waals surface area contributed by atoms with Crippen molar-refractivity contribution >= 4 is 28.2 Å². The Kier molecular flexibility index (Phi) is 2.30. The minimum absolute atomic E-state index is 0.352. The van der Waals surface area contributed by atoms with Gasteiger partial charge in [-0.25, -0.2) is 14.6 Å². The summed E-state index contributed by atoms with van der Waals surface area (Å²) < 4.78 is 1.97. The van der Waals surface area contributed by atoms with Crippen molar-refractivity contribution in [2.45, 2.75) is 6.04 Å². The molecule has 19 heavy (non-hydrogen) atoms. The lowest BCUT2D eigenvalue weighted by Crippen LogP contribution is -2.43. The standard InChI is InChI=1S/C12H12N6S/c13-11-9-10(8-2-1-3-19-8)17-18(7-4-14-5-7)12(9)16-6-15-11/h1-3,6-7,14H,4-5H2,(H2,13,15,16). The van der Waals surface area contributed by atoms with E-state index in [0.29, 0.717) is 11.9 Å². The van der Waals surface area contributed by atoms with Crippen molar-refractivity contribution in [3.05, 3.63) is 23.8 Å². The summed E-state index contributed by atoms with van der Waals surface area (Å²) in [7, 11) is 0. The molecule has 1 fully saturated rings. The maximum atomic E-state index is 6.02. The largest absolute Gasteiger partial charge is 0.383 e. The number of thiophene rings is 1. The van der Waals surface area contributed by atoms with Crippen LogP contribution in [0.4, 0.5) is 5.82 Å². The first-order valence-corrected chi connectivity index (χ1v) is 6.96. The Morgan fingerprint density at radius 2 is 2.26 bits per heavy atom. The highest BCUT2D eigenvalue weighted by molar-refractivity contribution is 7.13. The van der Waals surface area contributed by atoms with Crippen LogP contribution < -0.4 is 11.1 Å². The summed E-state index contributed by atoms with van der Waals surface area (Å²) in [4.78, 5) is 9.55. The lowest BCUT2D eigenvalue weighted by molar-refractivity contribution is 0.325. The number of aromatic nitrogens is 4. The molecule has 0 radical (unpaired) electrons. The second-order valence-corrected chi connectivity index (χ2v) is 5.49. The van der Waals surface area contributed by atoms with Crippen molar-refractivity contribution < 1.29 is 0 Å². The Bertz CT molecular complexity index is 728. The first-order valence-electron chi connectivity index (χ1n) is 6.08. The van der Waals surface area contributed by atoms with E-state index in [1.54, 1.807) is 11.3 Å². The number of hydrogen-bond acceptors (Lipinski definition) is 6. The van der Waals surface area contributed by atoms with Crippen molar-refractivity contribution in [3.8, 4) is 10.6 Å². The predicted octanol–water partition coefficient (Wildman–Crippen LogP) is 1.28. The first kappa shape index (κ1) is 10.9. The third-order valence-electron chi connectivity index (χ3n) is 3.38. The Hall–Kier alpha value is -1.99. The van der Waals surface area contributed by atoms with Gasteiger partial charge in [-0.05, 0) is 11.4 Å². The van der Waals surface area contributed by atoms with Crippen LogP contribution in [0.5, 0.6) is 0 Å². The molecule has 0 atom stereocenters. The van der Waals surface area contributed by atoms with E-state index >= 15 is 0 Å². The molecule has 3 aromatic heterocycles. The molecular weight excluding hydrogens is 260 g/mol. The van der Waals surface area contributed by atoms with Gasteiger partial charge in [0.15, 0.2) is 5.65 Å². The molecular formula is C12H12N6S. The molecule has 0 saturated carbocycles. The van der Waals surface area contributed by atoms with Gasteiger partial charge >= 0.3 is 0 Å². The van der Waals surface area contributed by atoms with Crippen molar-refractivity contribution in [1.29, 1.82) is 0 Å². The van der Waals surface area contributed by atoms with Crippen molar-refractivity contribution in [1.82, 2.24) is 25.1 Å². The molecule has 0 amide bonds. The van der Waals surface area contributed by atoms with Crippen molar-refractivity contribution in [3.63, 3.8) is 0 Å². The van der Waals surface area contributed by atoms with Gasteiger partial charge in [0.05, 0.1) is 16.3 Å². The summed E-state index contributed by atoms with van der Waals surface area (Å²) in [5.41, 5.74) is 7.73. The Morgan fingerprint density at radius 3 is 2.95 bits per heavy atom. The van der Waals surface area contributed by atoms with Crippen LogP contribution >= 0.6 is 11.3 Å². The normalized spacial score (nSPS) is 15.8. The number of nitrogens with zero attached hydrogens (tertiary/aromatic N) is 4. The zero-order chi connectivity index (χ0) is 12.8. The van der Waals surface area contributed by atoms with Gasteiger partial charge < -0.3 is 11.1 Å². The highest BCUT2D eigenvalue weighted by atomic mass is 32.1. The molecule has 96 valence electrons. The highest BCUT2D eigenvalue weighted by Crippen LogP contribution is 2.34. The van der Waals surface area contributed by atoms with E-state index in [2.05, 4.69) is 15.3 Å². The average Bonchev–Trinajstić information content (AvgIpc) is 2.95. The van der Waals surface area contributed by atoms with Gasteiger partial charge in [-0.15, -0.1) is 11.3 Å². The van der Waals surface area contributed by atoms with E-state index in [0.717, 1.165) is 34.7 Å². The van der Waals surface area contributed by atoms with Crippen molar-refractivity contribution in [2.24, 2.45) is 0 Å². The number of nitrogen functional groups attached to an aromatic ring is 1. The van der Waals surface area contributed by atoms with Gasteiger partial charge in [0.1, 0.15) is 17.8 Å². The predicted molar refractivity (Wildman–Crippen MR) is 75.0 cm³/mol. The molecule has 1 aliphatic rings. The molecule has 0 bridgehead atoms. The molecule has 1 aliphatic heterocycles. The molecule has 6 nitrogen and oxygen atoms in total. The van der Waals surface area contributed by atoms with Crippen LogP contribution in [0.2, 0.25) is 0 Å². The SMILES string of the molecule is Nc1ncnc2c1c(-c1cccs1)nn2C1CNC1. The molecule has 4 heterocycles. The fraction of sp³-hybridized carbons (Fsp3) is 0.250. The van der Waals surface area contributed by atoms with Crippen LogP contribution in [0, 0.1) is 0 Å². The van der Waals surface area contributed by atoms with Gasteiger partial charge in [0.25, 0.3) is 0 Å². The van der Waals surface area contributed by atoms with Crippen LogP contribution in [0.1, 0.15) is 6.04 Å². The third-order valence-corrected chi connectivity index (χ3v) is 4.26. The number of nitrogens with one attached hydrogen (secondary N) is 1. The quantitative estimate of drug-likeness (QED) is 0.734. The second-order valence-electron chi connectivity index (χ2n) is 4.54. The number of rotatable bonds is 2. The Morgan fingerprint density at radius 1 is 1.37 bits per heavy atom. The molecule has 1 saturated heterocycles. The summed E-state index contributed by atoms with van der Waals surface area (Å²) in [5, 5.41) is 10.9. The van der Waals surface area contributed by atoms with E-state index in [1.807, 2.05) is 22.2 Å². The van der Waals surface area contributed by atoms with Gasteiger partial charge in [-0.1, -0.05) is 6.07 Å². The zero-order valence-corrected chi connectivity index (χ0v) is 10.9. The summed E-state index contributed by atoms with van der Waals surface area (Å²) in [5.74, 6) is 0.493. The van der Waals surface area contributed by atoms with E-state index in [-0.39, 0.29) is 0 Å². The smallest absolute Gasteiger partial charge is 0.164 e. The van der Waals surface area contributed by atoms with E-state index in [9.17, 15) is 0 Å². The number of anilines is 1. The van der Waals surface area contributed by atoms with Gasteiger partial charge in [-0.2, -0.15) is 5.10 Å². The fourth-order valence-corrected chi connectivity index (χ4v) is 3.00. The van der Waals surface area contributed by atoms with Crippen LogP contribution in [0.25, 0.3) is 21.6 Å². The van der Waals surface area contributed by atoms with Crippen LogP contribution in [0.3, 0.4) is 0 Å². The lowest BCUT2D eigenvalue weighted by Gasteiger charge is -2.27. The summed E-state index contributed by atoms with van der Waals surface area (Å²) >= 11 is 1.65. The summed E-state index contributed by atoms with van der Waals surface area (Å²) in [6.07, 6.45) is 1.50. The van der Waals surface area contributed by atoms with Gasteiger partial charge in [0.2, 0.25) is 0 Å². The zero-order valence-electron chi connectivity index (χ0n) is 10.1. The highest BCUT2D eigenvalue weighted by Gasteiger charge is 2.25. The van der Waals surface area contributed by atoms with Crippen LogP contribution in [-0.2, 0) is 0 Å². The molecule has 3 aromatic rings. The maximum Gasteiger partial charge on any atom is 0.164 e. The van der Waals surface area contributed by atoms with Crippen molar-refractivity contribution in [2.75, 3.05) is 18.8 Å². The Labute approximate surface area is 113 Å². The molecule has 0 aliphatic carbocycles. The minimum Gasteiger partial charge on any atom is -0.383 e.